The number of aryl methyl sites for hydroxylation is 3. The first-order chi connectivity index (χ1) is 11.1. The average molecular weight is 306 g/mol. The van der Waals surface area contributed by atoms with E-state index in [-0.39, 0.29) is 0 Å². The summed E-state index contributed by atoms with van der Waals surface area (Å²) in [5.74, 6) is 0.367. The van der Waals surface area contributed by atoms with Gasteiger partial charge in [-0.3, -0.25) is 0 Å². The van der Waals surface area contributed by atoms with Gasteiger partial charge in [-0.1, -0.05) is 42.0 Å². The smallest absolute Gasteiger partial charge is 0.0483 e. The Morgan fingerprint density at radius 3 is 2.61 bits per heavy atom. The molecule has 0 saturated heterocycles. The van der Waals surface area contributed by atoms with Crippen molar-refractivity contribution in [2.45, 2.75) is 39.7 Å². The van der Waals surface area contributed by atoms with E-state index in [2.05, 4.69) is 74.0 Å². The van der Waals surface area contributed by atoms with Crippen LogP contribution in [0.1, 0.15) is 35.1 Å². The van der Waals surface area contributed by atoms with Crippen molar-refractivity contribution in [3.05, 3.63) is 70.9 Å². The number of rotatable bonds is 5. The number of benzene rings is 2. The van der Waals surface area contributed by atoms with E-state index in [1.807, 2.05) is 0 Å². The molecule has 2 N–H and O–H groups in total. The second-order valence-corrected chi connectivity index (χ2v) is 6.45. The summed E-state index contributed by atoms with van der Waals surface area (Å²) in [6, 6.07) is 15.4. The number of para-hydroxylation sites is 1. The number of hydrogen-bond donors (Lipinski definition) is 1. The van der Waals surface area contributed by atoms with Crippen LogP contribution in [0.25, 0.3) is 10.9 Å². The Balaban J connectivity index is 2.01. The van der Waals surface area contributed by atoms with Crippen molar-refractivity contribution in [2.24, 2.45) is 5.73 Å². The molecular formula is C21H26N2. The largest absolute Gasteiger partial charge is 0.347 e. The Hall–Kier alpha value is -2.06. The minimum Gasteiger partial charge on any atom is -0.347 e. The van der Waals surface area contributed by atoms with Crippen LogP contribution in [0.4, 0.5) is 0 Å². The molecule has 0 amide bonds. The highest BCUT2D eigenvalue weighted by atomic mass is 14.9. The molecule has 0 aliphatic heterocycles. The summed E-state index contributed by atoms with van der Waals surface area (Å²) in [6.45, 7) is 8.21. The molecule has 0 fully saturated rings. The second kappa shape index (κ2) is 6.59. The molecule has 23 heavy (non-hydrogen) atoms. The van der Waals surface area contributed by atoms with Crippen molar-refractivity contribution in [1.29, 1.82) is 0 Å². The summed E-state index contributed by atoms with van der Waals surface area (Å²) in [7, 11) is 0. The molecule has 1 aromatic heterocycles. The molecule has 2 aromatic carbocycles. The van der Waals surface area contributed by atoms with E-state index >= 15 is 0 Å². The molecule has 1 atom stereocenters. The predicted molar refractivity (Wildman–Crippen MR) is 99.0 cm³/mol. The fourth-order valence-electron chi connectivity index (χ4n) is 3.53. The third-order valence-electron chi connectivity index (χ3n) is 4.84. The van der Waals surface area contributed by atoms with Crippen molar-refractivity contribution in [3.63, 3.8) is 0 Å². The number of hydrogen-bond acceptors (Lipinski definition) is 1. The van der Waals surface area contributed by atoms with Crippen molar-refractivity contribution in [1.82, 2.24) is 4.57 Å². The lowest BCUT2D eigenvalue weighted by atomic mass is 9.88. The first kappa shape index (κ1) is 15.8. The van der Waals surface area contributed by atoms with Gasteiger partial charge in [-0.25, -0.2) is 0 Å². The standard InChI is InChI=1S/C21H26N2/c1-4-23-14-18(19-7-5-6-8-21(19)23)12-17(13-22)20-11-15(2)9-10-16(20)3/h5-11,14,17H,4,12-13,22H2,1-3H3. The van der Waals surface area contributed by atoms with Gasteiger partial charge in [-0.05, 0) is 56.5 Å². The molecule has 0 bridgehead atoms. The van der Waals surface area contributed by atoms with Crippen LogP contribution in [0, 0.1) is 13.8 Å². The Bertz CT molecular complexity index is 814. The highest BCUT2D eigenvalue weighted by Crippen LogP contribution is 2.29. The van der Waals surface area contributed by atoms with Gasteiger partial charge in [0.1, 0.15) is 0 Å². The maximum atomic E-state index is 6.15. The first-order valence-corrected chi connectivity index (χ1v) is 8.48. The van der Waals surface area contributed by atoms with Crippen LogP contribution < -0.4 is 5.73 Å². The molecule has 3 rings (SSSR count). The minimum absolute atomic E-state index is 0.367. The molecular weight excluding hydrogens is 280 g/mol. The Morgan fingerprint density at radius 1 is 1.09 bits per heavy atom. The van der Waals surface area contributed by atoms with E-state index < -0.39 is 0 Å². The quantitative estimate of drug-likeness (QED) is 0.736. The number of nitrogens with two attached hydrogens (primary N) is 1. The van der Waals surface area contributed by atoms with Gasteiger partial charge in [-0.2, -0.15) is 0 Å². The van der Waals surface area contributed by atoms with Crippen molar-refractivity contribution in [2.75, 3.05) is 6.54 Å². The van der Waals surface area contributed by atoms with Crippen LogP contribution in [-0.4, -0.2) is 11.1 Å². The monoisotopic (exact) mass is 306 g/mol. The molecule has 1 unspecified atom stereocenters. The topological polar surface area (TPSA) is 30.9 Å². The molecule has 120 valence electrons. The maximum Gasteiger partial charge on any atom is 0.0483 e. The Morgan fingerprint density at radius 2 is 1.87 bits per heavy atom. The summed E-state index contributed by atoms with van der Waals surface area (Å²) < 4.78 is 2.33. The van der Waals surface area contributed by atoms with Gasteiger partial charge >= 0.3 is 0 Å². The van der Waals surface area contributed by atoms with E-state index in [0.717, 1.165) is 13.0 Å². The number of aromatic nitrogens is 1. The summed E-state index contributed by atoms with van der Waals surface area (Å²) in [5, 5.41) is 1.36. The van der Waals surface area contributed by atoms with Crippen LogP contribution in [0.3, 0.4) is 0 Å². The van der Waals surface area contributed by atoms with Crippen LogP contribution in [-0.2, 0) is 13.0 Å². The van der Waals surface area contributed by atoms with Gasteiger partial charge in [0.15, 0.2) is 0 Å². The minimum atomic E-state index is 0.367. The summed E-state index contributed by atoms with van der Waals surface area (Å²) in [5.41, 5.74) is 12.9. The van der Waals surface area contributed by atoms with Crippen LogP contribution in [0.2, 0.25) is 0 Å². The first-order valence-electron chi connectivity index (χ1n) is 8.48. The summed E-state index contributed by atoms with van der Waals surface area (Å²) in [6.07, 6.45) is 3.30. The highest BCUT2D eigenvalue weighted by molar-refractivity contribution is 5.84. The zero-order chi connectivity index (χ0) is 16.4. The third-order valence-corrected chi connectivity index (χ3v) is 4.84. The molecule has 2 nitrogen and oxygen atoms in total. The van der Waals surface area contributed by atoms with Gasteiger partial charge in [0.05, 0.1) is 0 Å². The molecule has 0 spiro atoms. The molecule has 0 saturated carbocycles. The van der Waals surface area contributed by atoms with Gasteiger partial charge in [-0.15, -0.1) is 0 Å². The van der Waals surface area contributed by atoms with Gasteiger partial charge in [0.2, 0.25) is 0 Å². The fourth-order valence-corrected chi connectivity index (χ4v) is 3.53. The lowest BCUT2D eigenvalue weighted by molar-refractivity contribution is 0.687. The molecule has 3 aromatic rings. The van der Waals surface area contributed by atoms with E-state index in [1.54, 1.807) is 0 Å². The lowest BCUT2D eigenvalue weighted by Crippen LogP contribution is -2.16. The molecule has 0 aliphatic carbocycles. The van der Waals surface area contributed by atoms with Gasteiger partial charge in [0.25, 0.3) is 0 Å². The van der Waals surface area contributed by atoms with Crippen LogP contribution in [0.5, 0.6) is 0 Å². The van der Waals surface area contributed by atoms with E-state index in [1.165, 1.54) is 33.2 Å². The van der Waals surface area contributed by atoms with Crippen LogP contribution >= 0.6 is 0 Å². The molecule has 2 heteroatoms. The highest BCUT2D eigenvalue weighted by Gasteiger charge is 2.16. The molecule has 1 heterocycles. The Kier molecular flexibility index (Phi) is 4.53. The summed E-state index contributed by atoms with van der Waals surface area (Å²) >= 11 is 0. The van der Waals surface area contributed by atoms with Crippen molar-refractivity contribution < 1.29 is 0 Å². The van der Waals surface area contributed by atoms with E-state index in [0.29, 0.717) is 12.5 Å². The normalized spacial score (nSPS) is 12.7. The molecule has 0 aliphatic rings. The maximum absolute atomic E-state index is 6.15. The van der Waals surface area contributed by atoms with Gasteiger partial charge in [0, 0.05) is 29.6 Å². The zero-order valence-corrected chi connectivity index (χ0v) is 14.3. The van der Waals surface area contributed by atoms with E-state index in [4.69, 9.17) is 5.73 Å². The Labute approximate surface area is 138 Å². The summed E-state index contributed by atoms with van der Waals surface area (Å²) in [4.78, 5) is 0. The second-order valence-electron chi connectivity index (χ2n) is 6.45. The van der Waals surface area contributed by atoms with E-state index in [9.17, 15) is 0 Å². The average Bonchev–Trinajstić information content (AvgIpc) is 2.93. The van der Waals surface area contributed by atoms with Gasteiger partial charge < -0.3 is 10.3 Å². The predicted octanol–water partition coefficient (Wildman–Crippen LogP) is 4.56. The zero-order valence-electron chi connectivity index (χ0n) is 14.3. The third kappa shape index (κ3) is 3.04. The lowest BCUT2D eigenvalue weighted by Gasteiger charge is -2.18. The van der Waals surface area contributed by atoms with Crippen LogP contribution in [0.15, 0.2) is 48.7 Å². The van der Waals surface area contributed by atoms with Crippen molar-refractivity contribution >= 4 is 10.9 Å². The van der Waals surface area contributed by atoms with Crippen molar-refractivity contribution in [3.8, 4) is 0 Å². The SMILES string of the molecule is CCn1cc(CC(CN)c2cc(C)ccc2C)c2ccccc21. The number of nitrogens with zero attached hydrogens (tertiary/aromatic N) is 1. The fraction of sp³-hybridized carbons (Fsp3) is 0.333. The molecule has 0 radical (unpaired) electrons. The number of fused-ring (bicyclic) bond motifs is 1.